The van der Waals surface area contributed by atoms with Crippen molar-refractivity contribution in [2.45, 2.75) is 27.0 Å². The summed E-state index contributed by atoms with van der Waals surface area (Å²) >= 11 is 0. The Morgan fingerprint density at radius 3 is 2.31 bits per heavy atom. The van der Waals surface area contributed by atoms with Crippen molar-refractivity contribution in [1.29, 1.82) is 0 Å². The van der Waals surface area contributed by atoms with E-state index in [1.165, 1.54) is 17.0 Å². The minimum atomic E-state index is -2.84. The van der Waals surface area contributed by atoms with Crippen LogP contribution in [-0.4, -0.2) is 62.5 Å². The number of aliphatic imine (C=N–C) groups is 1. The summed E-state index contributed by atoms with van der Waals surface area (Å²) in [6.07, 6.45) is 0. The van der Waals surface area contributed by atoms with E-state index in [1.54, 1.807) is 26.2 Å². The minimum absolute atomic E-state index is 0.0545. The van der Waals surface area contributed by atoms with Gasteiger partial charge in [0.15, 0.2) is 5.96 Å². The van der Waals surface area contributed by atoms with E-state index in [0.29, 0.717) is 18.4 Å². The molecule has 0 heterocycles. The average molecular weight is 370 g/mol. The predicted octanol–water partition coefficient (Wildman–Crippen LogP) is 2.41. The van der Waals surface area contributed by atoms with Crippen LogP contribution in [0.1, 0.15) is 19.4 Å². The molecule has 1 amide bonds. The number of hydrogen-bond donors (Lipinski definition) is 1. The molecule has 146 valence electrons. The molecule has 1 aromatic rings. The number of halogens is 2. The van der Waals surface area contributed by atoms with E-state index >= 15 is 0 Å². The molecule has 1 rings (SSSR count). The highest BCUT2D eigenvalue weighted by Gasteiger charge is 2.11. The molecule has 0 saturated heterocycles. The van der Waals surface area contributed by atoms with E-state index in [0.717, 1.165) is 12.1 Å². The average Bonchev–Trinajstić information content (AvgIpc) is 2.55. The van der Waals surface area contributed by atoms with Crippen LogP contribution in [-0.2, 0) is 11.3 Å². The van der Waals surface area contributed by atoms with Crippen LogP contribution in [0, 0.1) is 5.92 Å². The zero-order chi connectivity index (χ0) is 19.7. The van der Waals surface area contributed by atoms with Gasteiger partial charge in [-0.25, -0.2) is 4.99 Å². The number of likely N-dealkylation sites (N-methyl/N-ethyl adjacent to an activating group) is 1. The lowest BCUT2D eigenvalue weighted by Crippen LogP contribution is -2.41. The fourth-order valence-electron chi connectivity index (χ4n) is 2.02. The summed E-state index contributed by atoms with van der Waals surface area (Å²) in [4.78, 5) is 19.6. The number of hydrogen-bond acceptors (Lipinski definition) is 3. The molecule has 26 heavy (non-hydrogen) atoms. The summed E-state index contributed by atoms with van der Waals surface area (Å²) in [7, 11) is 5.23. The number of amides is 1. The predicted molar refractivity (Wildman–Crippen MR) is 98.4 cm³/mol. The largest absolute Gasteiger partial charge is 0.435 e. The van der Waals surface area contributed by atoms with Gasteiger partial charge in [0.2, 0.25) is 5.91 Å². The van der Waals surface area contributed by atoms with E-state index in [4.69, 9.17) is 0 Å². The number of alkyl halides is 2. The van der Waals surface area contributed by atoms with E-state index in [-0.39, 0.29) is 18.2 Å². The zero-order valence-corrected chi connectivity index (χ0v) is 16.0. The zero-order valence-electron chi connectivity index (χ0n) is 16.0. The quantitative estimate of drug-likeness (QED) is 0.564. The van der Waals surface area contributed by atoms with E-state index in [2.05, 4.69) is 28.9 Å². The summed E-state index contributed by atoms with van der Waals surface area (Å²) in [5, 5.41) is 3.25. The minimum Gasteiger partial charge on any atom is -0.435 e. The lowest BCUT2D eigenvalue weighted by Gasteiger charge is -2.23. The van der Waals surface area contributed by atoms with Gasteiger partial charge in [-0.05, 0) is 23.6 Å². The van der Waals surface area contributed by atoms with Crippen LogP contribution in [0.5, 0.6) is 5.75 Å². The van der Waals surface area contributed by atoms with Crippen LogP contribution in [0.4, 0.5) is 8.78 Å². The summed E-state index contributed by atoms with van der Waals surface area (Å²) in [5.74, 6) is 1.07. The number of carbonyl (C=O) groups excluding carboxylic acids is 1. The maximum atomic E-state index is 12.2. The summed E-state index contributed by atoms with van der Waals surface area (Å²) < 4.78 is 28.8. The Balaban J connectivity index is 2.78. The number of benzene rings is 1. The summed E-state index contributed by atoms with van der Waals surface area (Å²) in [5.41, 5.74) is 0.909. The van der Waals surface area contributed by atoms with Crippen LogP contribution >= 0.6 is 0 Å². The van der Waals surface area contributed by atoms with Gasteiger partial charge in [0.25, 0.3) is 0 Å². The molecule has 8 heteroatoms. The monoisotopic (exact) mass is 370 g/mol. The molecule has 0 unspecified atom stereocenters. The molecule has 0 aliphatic heterocycles. The molecular formula is C18H28F2N4O2. The number of nitrogens with zero attached hydrogens (tertiary/aromatic N) is 3. The smallest absolute Gasteiger partial charge is 0.387 e. The molecule has 0 radical (unpaired) electrons. The van der Waals surface area contributed by atoms with Gasteiger partial charge in [0, 0.05) is 34.2 Å². The standard InChI is InChI=1S/C18H28F2N4O2/c1-13(2)10-21-18(22-11-16(25)23(3)4)24(5)12-14-6-8-15(9-7-14)26-17(19)20/h6-9,13,17H,10-12H2,1-5H3,(H,21,22). The normalized spacial score (nSPS) is 11.7. The van der Waals surface area contributed by atoms with Gasteiger partial charge >= 0.3 is 6.61 Å². The van der Waals surface area contributed by atoms with Crippen molar-refractivity contribution in [3.8, 4) is 5.75 Å². The van der Waals surface area contributed by atoms with Crippen molar-refractivity contribution in [1.82, 2.24) is 15.1 Å². The van der Waals surface area contributed by atoms with Gasteiger partial charge in [-0.1, -0.05) is 26.0 Å². The van der Waals surface area contributed by atoms with Gasteiger partial charge in [-0.15, -0.1) is 0 Å². The molecule has 0 aromatic heterocycles. The van der Waals surface area contributed by atoms with E-state index in [1.807, 2.05) is 11.9 Å². The van der Waals surface area contributed by atoms with Crippen LogP contribution in [0.3, 0.4) is 0 Å². The Morgan fingerprint density at radius 2 is 1.81 bits per heavy atom. The third-order valence-corrected chi connectivity index (χ3v) is 3.46. The molecule has 6 nitrogen and oxygen atoms in total. The second kappa shape index (κ2) is 10.6. The summed E-state index contributed by atoms with van der Waals surface area (Å²) in [6, 6.07) is 6.45. The number of guanidine groups is 1. The van der Waals surface area contributed by atoms with Crippen LogP contribution < -0.4 is 10.1 Å². The first-order valence-corrected chi connectivity index (χ1v) is 8.42. The van der Waals surface area contributed by atoms with Gasteiger partial charge < -0.3 is 19.9 Å². The maximum absolute atomic E-state index is 12.2. The molecule has 1 aromatic carbocycles. The first kappa shape index (κ1) is 21.7. The molecule has 0 saturated carbocycles. The van der Waals surface area contributed by atoms with Crippen molar-refractivity contribution in [3.63, 3.8) is 0 Å². The number of carbonyl (C=O) groups is 1. The van der Waals surface area contributed by atoms with Crippen LogP contribution in [0.15, 0.2) is 29.3 Å². The molecule has 1 N–H and O–H groups in total. The topological polar surface area (TPSA) is 57.2 Å². The second-order valence-electron chi connectivity index (χ2n) is 6.58. The SMILES string of the molecule is CC(C)CNC(=NCC(=O)N(C)C)N(C)Cc1ccc(OC(F)F)cc1. The molecular weight excluding hydrogens is 342 g/mol. The van der Waals surface area contributed by atoms with Gasteiger partial charge in [-0.2, -0.15) is 8.78 Å². The van der Waals surface area contributed by atoms with Crippen molar-refractivity contribution >= 4 is 11.9 Å². The van der Waals surface area contributed by atoms with Crippen LogP contribution in [0.2, 0.25) is 0 Å². The first-order valence-electron chi connectivity index (χ1n) is 8.42. The number of nitrogens with one attached hydrogen (secondary N) is 1. The Bertz CT molecular complexity index is 589. The molecule has 0 aliphatic carbocycles. The fraction of sp³-hybridized carbons (Fsp3) is 0.556. The maximum Gasteiger partial charge on any atom is 0.387 e. The lowest BCUT2D eigenvalue weighted by molar-refractivity contribution is -0.127. The lowest BCUT2D eigenvalue weighted by atomic mass is 10.2. The Kier molecular flexibility index (Phi) is 8.81. The van der Waals surface area contributed by atoms with Crippen molar-refractivity contribution in [2.24, 2.45) is 10.9 Å². The van der Waals surface area contributed by atoms with Crippen molar-refractivity contribution in [3.05, 3.63) is 29.8 Å². The van der Waals surface area contributed by atoms with Gasteiger partial charge in [0.1, 0.15) is 12.3 Å². The van der Waals surface area contributed by atoms with Crippen molar-refractivity contribution < 1.29 is 18.3 Å². The molecule has 0 bridgehead atoms. The van der Waals surface area contributed by atoms with Gasteiger partial charge in [0.05, 0.1) is 0 Å². The molecule has 0 spiro atoms. The summed E-state index contributed by atoms with van der Waals surface area (Å²) in [6.45, 7) is 2.61. The Morgan fingerprint density at radius 1 is 1.19 bits per heavy atom. The third kappa shape index (κ3) is 8.13. The highest BCUT2D eigenvalue weighted by molar-refractivity contribution is 5.84. The molecule has 0 aliphatic rings. The first-order chi connectivity index (χ1) is 12.2. The van der Waals surface area contributed by atoms with Crippen LogP contribution in [0.25, 0.3) is 0 Å². The molecule has 0 atom stereocenters. The highest BCUT2D eigenvalue weighted by Crippen LogP contribution is 2.15. The fourth-order valence-corrected chi connectivity index (χ4v) is 2.02. The van der Waals surface area contributed by atoms with E-state index in [9.17, 15) is 13.6 Å². The third-order valence-electron chi connectivity index (χ3n) is 3.46. The van der Waals surface area contributed by atoms with Crippen molar-refractivity contribution in [2.75, 3.05) is 34.2 Å². The number of ether oxygens (including phenoxy) is 1. The Hall–Kier alpha value is -2.38. The highest BCUT2D eigenvalue weighted by atomic mass is 19.3. The van der Waals surface area contributed by atoms with E-state index < -0.39 is 6.61 Å². The Labute approximate surface area is 153 Å². The molecule has 0 fully saturated rings. The van der Waals surface area contributed by atoms with Gasteiger partial charge in [-0.3, -0.25) is 4.79 Å². The second-order valence-corrected chi connectivity index (χ2v) is 6.58. The number of rotatable bonds is 8.